The first-order valence-corrected chi connectivity index (χ1v) is 8.50. The van der Waals surface area contributed by atoms with E-state index in [1.54, 1.807) is 6.07 Å². The van der Waals surface area contributed by atoms with Crippen molar-refractivity contribution in [1.82, 2.24) is 10.4 Å². The highest BCUT2D eigenvalue weighted by molar-refractivity contribution is 7.20. The number of hydroxylamine groups is 1. The third kappa shape index (κ3) is 1.77. The third-order valence-electron chi connectivity index (χ3n) is 5.03. The first-order valence-electron chi connectivity index (χ1n) is 7.68. The Morgan fingerprint density at radius 2 is 2.23 bits per heavy atom. The predicted octanol–water partition coefficient (Wildman–Crippen LogP) is 2.74. The first-order chi connectivity index (χ1) is 10.7. The lowest BCUT2D eigenvalue weighted by Gasteiger charge is -2.47. The Bertz CT molecular complexity index is 781. The molecule has 1 aromatic carbocycles. The summed E-state index contributed by atoms with van der Waals surface area (Å²) in [5, 5.41) is 0.916. The van der Waals surface area contributed by atoms with E-state index in [-0.39, 0.29) is 5.82 Å². The summed E-state index contributed by atoms with van der Waals surface area (Å²) in [6.07, 6.45) is 2.28. The lowest BCUT2D eigenvalue weighted by molar-refractivity contribution is -0.155. The van der Waals surface area contributed by atoms with Gasteiger partial charge in [-0.1, -0.05) is 12.1 Å². The van der Waals surface area contributed by atoms with Crippen molar-refractivity contribution >= 4 is 27.3 Å². The molecule has 4 aliphatic rings. The minimum Gasteiger partial charge on any atom is -0.298 e. The molecule has 3 saturated heterocycles. The van der Waals surface area contributed by atoms with Gasteiger partial charge in [-0.2, -0.15) is 0 Å². The number of amidine groups is 1. The zero-order valence-electron chi connectivity index (χ0n) is 12.0. The van der Waals surface area contributed by atoms with Crippen molar-refractivity contribution in [3.63, 3.8) is 0 Å². The topological polar surface area (TPSA) is 36.9 Å². The fourth-order valence-electron chi connectivity index (χ4n) is 3.86. The number of halogens is 1. The molecule has 4 aliphatic heterocycles. The molecule has 1 aromatic heterocycles. The molecule has 5 heterocycles. The maximum absolute atomic E-state index is 13.9. The van der Waals surface area contributed by atoms with E-state index >= 15 is 0 Å². The van der Waals surface area contributed by atoms with E-state index in [0.717, 1.165) is 48.6 Å². The monoisotopic (exact) mass is 317 g/mol. The molecule has 0 amide bonds. The first kappa shape index (κ1) is 13.0. The number of aliphatic imine (C=N–C) groups is 1. The van der Waals surface area contributed by atoms with Gasteiger partial charge in [0.05, 0.1) is 16.1 Å². The van der Waals surface area contributed by atoms with Gasteiger partial charge >= 0.3 is 0 Å². The smallest absolute Gasteiger partial charge is 0.202 e. The molecule has 1 spiro atoms. The van der Waals surface area contributed by atoms with Gasteiger partial charge in [-0.15, -0.1) is 11.3 Å². The molecule has 6 rings (SSSR count). The number of hydrogen-bond donors (Lipinski definition) is 1. The second kappa shape index (κ2) is 4.50. The highest BCUT2D eigenvalue weighted by Crippen LogP contribution is 2.41. The van der Waals surface area contributed by atoms with Crippen LogP contribution in [0, 0.1) is 11.7 Å². The van der Waals surface area contributed by atoms with Crippen LogP contribution in [0.15, 0.2) is 29.3 Å². The van der Waals surface area contributed by atoms with Crippen LogP contribution in [0.4, 0.5) is 4.39 Å². The highest BCUT2D eigenvalue weighted by Gasteiger charge is 2.51. The predicted molar refractivity (Wildman–Crippen MR) is 84.4 cm³/mol. The minimum absolute atomic E-state index is 0.175. The number of nitrogens with one attached hydrogen (secondary N) is 1. The molecule has 22 heavy (non-hydrogen) atoms. The van der Waals surface area contributed by atoms with Crippen molar-refractivity contribution in [3.05, 3.63) is 35.0 Å². The number of hydrogen-bond acceptors (Lipinski definition) is 5. The SMILES string of the molecule is Fc1cccc2cc(C3=NC4(CN5CCC4CC5)ON3)sc12. The summed E-state index contributed by atoms with van der Waals surface area (Å²) in [6, 6.07) is 7.15. The van der Waals surface area contributed by atoms with Crippen LogP contribution in [0.3, 0.4) is 0 Å². The Hall–Kier alpha value is -1.50. The molecule has 1 unspecified atom stereocenters. The van der Waals surface area contributed by atoms with Crippen molar-refractivity contribution in [2.45, 2.75) is 18.6 Å². The van der Waals surface area contributed by atoms with Crippen LogP contribution in [0.5, 0.6) is 0 Å². The Morgan fingerprint density at radius 1 is 1.36 bits per heavy atom. The molecule has 2 aromatic rings. The van der Waals surface area contributed by atoms with Crippen LogP contribution < -0.4 is 5.48 Å². The van der Waals surface area contributed by atoms with Crippen molar-refractivity contribution < 1.29 is 9.23 Å². The summed E-state index contributed by atoms with van der Waals surface area (Å²) in [5.41, 5.74) is 2.57. The van der Waals surface area contributed by atoms with Gasteiger partial charge in [-0.3, -0.25) is 4.90 Å². The number of rotatable bonds is 1. The average molecular weight is 317 g/mol. The van der Waals surface area contributed by atoms with Gasteiger partial charge in [0, 0.05) is 5.92 Å². The number of piperidine rings is 3. The van der Waals surface area contributed by atoms with Crippen molar-refractivity contribution in [2.24, 2.45) is 10.9 Å². The highest BCUT2D eigenvalue weighted by atomic mass is 32.1. The molecule has 1 N–H and O–H groups in total. The minimum atomic E-state index is -0.444. The zero-order chi connectivity index (χ0) is 14.7. The third-order valence-corrected chi connectivity index (χ3v) is 6.20. The number of thiophene rings is 1. The molecule has 0 aliphatic carbocycles. The second-order valence-electron chi connectivity index (χ2n) is 6.33. The summed E-state index contributed by atoms with van der Waals surface area (Å²) in [7, 11) is 0. The fraction of sp³-hybridized carbons (Fsp3) is 0.438. The summed E-state index contributed by atoms with van der Waals surface area (Å²) in [6.45, 7) is 3.15. The van der Waals surface area contributed by atoms with Crippen LogP contribution in [0.2, 0.25) is 0 Å². The van der Waals surface area contributed by atoms with E-state index in [4.69, 9.17) is 9.83 Å². The molecule has 0 saturated carbocycles. The number of fused-ring (bicyclic) bond motifs is 3. The van der Waals surface area contributed by atoms with Crippen LogP contribution in [-0.4, -0.2) is 36.1 Å². The van der Waals surface area contributed by atoms with Gasteiger partial charge in [0.1, 0.15) is 5.82 Å². The fourth-order valence-corrected chi connectivity index (χ4v) is 4.86. The summed E-state index contributed by atoms with van der Waals surface area (Å²) >= 11 is 1.43. The van der Waals surface area contributed by atoms with Gasteiger partial charge in [-0.05, 0) is 43.5 Å². The lowest BCUT2D eigenvalue weighted by Crippen LogP contribution is -2.58. The van der Waals surface area contributed by atoms with Gasteiger partial charge < -0.3 is 0 Å². The normalized spacial score (nSPS) is 33.4. The van der Waals surface area contributed by atoms with Crippen LogP contribution in [0.25, 0.3) is 10.1 Å². The average Bonchev–Trinajstić information content (AvgIpc) is 3.14. The van der Waals surface area contributed by atoms with Crippen LogP contribution in [-0.2, 0) is 4.84 Å². The molecule has 114 valence electrons. The molecule has 4 nitrogen and oxygen atoms in total. The summed E-state index contributed by atoms with van der Waals surface area (Å²) in [4.78, 5) is 14.2. The van der Waals surface area contributed by atoms with Gasteiger partial charge in [-0.25, -0.2) is 19.7 Å². The van der Waals surface area contributed by atoms with E-state index in [1.807, 2.05) is 12.1 Å². The number of benzene rings is 1. The Labute approximate surface area is 131 Å². The van der Waals surface area contributed by atoms with Gasteiger partial charge in [0.25, 0.3) is 0 Å². The molecule has 1 atom stereocenters. The van der Waals surface area contributed by atoms with Crippen LogP contribution >= 0.6 is 11.3 Å². The zero-order valence-corrected chi connectivity index (χ0v) is 12.8. The van der Waals surface area contributed by atoms with Crippen LogP contribution in [0.1, 0.15) is 17.7 Å². The van der Waals surface area contributed by atoms with E-state index in [0.29, 0.717) is 10.6 Å². The summed E-state index contributed by atoms with van der Waals surface area (Å²) in [5.74, 6) is 1.05. The maximum Gasteiger partial charge on any atom is 0.202 e. The molecule has 3 fully saturated rings. The van der Waals surface area contributed by atoms with E-state index in [2.05, 4.69) is 10.4 Å². The number of nitrogens with zero attached hydrogens (tertiary/aromatic N) is 2. The second-order valence-corrected chi connectivity index (χ2v) is 7.38. The van der Waals surface area contributed by atoms with Gasteiger partial charge in [0.15, 0.2) is 5.84 Å². The van der Waals surface area contributed by atoms with Crippen molar-refractivity contribution in [2.75, 3.05) is 19.6 Å². The van der Waals surface area contributed by atoms with E-state index in [9.17, 15) is 4.39 Å². The Kier molecular flexibility index (Phi) is 2.66. The standard InChI is InChI=1S/C16H16FN3OS/c17-12-3-1-2-10-8-13(22-14(10)12)15-18-16(21-19-15)9-20-6-4-11(16)5-7-20/h1-3,8,11H,4-7,9H2,(H,18,19). The Morgan fingerprint density at radius 3 is 2.95 bits per heavy atom. The van der Waals surface area contributed by atoms with E-state index < -0.39 is 5.72 Å². The summed E-state index contributed by atoms with van der Waals surface area (Å²) < 4.78 is 14.5. The molecule has 6 heteroatoms. The molecule has 2 bridgehead atoms. The maximum atomic E-state index is 13.9. The van der Waals surface area contributed by atoms with Gasteiger partial charge in [0.2, 0.25) is 5.72 Å². The molecular formula is C16H16FN3OS. The van der Waals surface area contributed by atoms with Crippen molar-refractivity contribution in [3.8, 4) is 0 Å². The van der Waals surface area contributed by atoms with E-state index in [1.165, 1.54) is 17.4 Å². The Balaban J connectivity index is 1.55. The quantitative estimate of drug-likeness (QED) is 0.879. The van der Waals surface area contributed by atoms with Crippen molar-refractivity contribution in [1.29, 1.82) is 0 Å². The lowest BCUT2D eigenvalue weighted by atomic mass is 9.81. The molecule has 0 radical (unpaired) electrons. The largest absolute Gasteiger partial charge is 0.298 e. The molecular weight excluding hydrogens is 301 g/mol.